The molecule has 2 rings (SSSR count). The zero-order valence-corrected chi connectivity index (χ0v) is 7.97. The van der Waals surface area contributed by atoms with E-state index >= 15 is 0 Å². The number of alkyl halides is 1. The first kappa shape index (κ1) is 8.18. The van der Waals surface area contributed by atoms with Crippen molar-refractivity contribution in [2.45, 2.75) is 37.0 Å². The third-order valence-electron chi connectivity index (χ3n) is 2.90. The van der Waals surface area contributed by atoms with Gasteiger partial charge >= 0.3 is 0 Å². The summed E-state index contributed by atoms with van der Waals surface area (Å²) in [5, 5.41) is 0.352. The third-order valence-corrected chi connectivity index (χ3v) is 3.27. The standard InChI is InChI=1S/C10H13ClO/c1-10(4-2-9(11)6-10)8-3-5-12-7-8/h3,5,7,9H,2,4,6H2,1H3. The fourth-order valence-corrected chi connectivity index (χ4v) is 2.49. The van der Waals surface area contributed by atoms with Gasteiger partial charge in [0.05, 0.1) is 12.5 Å². The normalized spacial score (nSPS) is 35.7. The minimum atomic E-state index is 0.263. The molecule has 0 amide bonds. The van der Waals surface area contributed by atoms with Crippen LogP contribution in [0.3, 0.4) is 0 Å². The molecule has 0 N–H and O–H groups in total. The van der Waals surface area contributed by atoms with Crippen molar-refractivity contribution in [1.82, 2.24) is 0 Å². The molecule has 1 aliphatic rings. The summed E-state index contributed by atoms with van der Waals surface area (Å²) in [6.07, 6.45) is 6.97. The SMILES string of the molecule is CC1(c2ccoc2)CCC(Cl)C1. The molecule has 1 fully saturated rings. The van der Waals surface area contributed by atoms with Crippen LogP contribution in [0, 0.1) is 0 Å². The van der Waals surface area contributed by atoms with E-state index in [2.05, 4.69) is 13.0 Å². The van der Waals surface area contributed by atoms with E-state index in [-0.39, 0.29) is 5.41 Å². The zero-order valence-electron chi connectivity index (χ0n) is 7.22. The van der Waals surface area contributed by atoms with Gasteiger partial charge in [0.15, 0.2) is 0 Å². The molecule has 1 nitrogen and oxygen atoms in total. The maximum Gasteiger partial charge on any atom is 0.0940 e. The van der Waals surface area contributed by atoms with Crippen LogP contribution in [0.5, 0.6) is 0 Å². The molecule has 1 aliphatic carbocycles. The summed E-state index contributed by atoms with van der Waals surface area (Å²) in [6, 6.07) is 2.05. The van der Waals surface area contributed by atoms with E-state index in [1.54, 1.807) is 6.26 Å². The van der Waals surface area contributed by atoms with Crippen LogP contribution in [0.2, 0.25) is 0 Å². The average Bonchev–Trinajstić information content (AvgIpc) is 2.59. The zero-order chi connectivity index (χ0) is 8.60. The van der Waals surface area contributed by atoms with Crippen LogP contribution in [-0.4, -0.2) is 5.38 Å². The number of halogens is 1. The first-order chi connectivity index (χ1) is 5.71. The van der Waals surface area contributed by atoms with Gasteiger partial charge in [0, 0.05) is 5.38 Å². The van der Waals surface area contributed by atoms with Crippen LogP contribution < -0.4 is 0 Å². The van der Waals surface area contributed by atoms with Gasteiger partial charge < -0.3 is 4.42 Å². The number of furan rings is 1. The number of hydrogen-bond acceptors (Lipinski definition) is 1. The Balaban J connectivity index is 2.23. The molecule has 2 atom stereocenters. The van der Waals surface area contributed by atoms with Crippen molar-refractivity contribution >= 4 is 11.6 Å². The first-order valence-electron chi connectivity index (χ1n) is 4.37. The Labute approximate surface area is 77.7 Å². The van der Waals surface area contributed by atoms with Crippen molar-refractivity contribution in [2.24, 2.45) is 0 Å². The first-order valence-corrected chi connectivity index (χ1v) is 4.81. The Bertz CT molecular complexity index is 255. The van der Waals surface area contributed by atoms with E-state index in [4.69, 9.17) is 16.0 Å². The summed E-state index contributed by atoms with van der Waals surface area (Å²) in [6.45, 7) is 2.26. The maximum absolute atomic E-state index is 6.08. The predicted octanol–water partition coefficient (Wildman–Crippen LogP) is 3.33. The predicted molar refractivity (Wildman–Crippen MR) is 49.6 cm³/mol. The molecule has 2 unspecified atom stereocenters. The fraction of sp³-hybridized carbons (Fsp3) is 0.600. The summed E-state index contributed by atoms with van der Waals surface area (Å²) in [5.74, 6) is 0. The highest BCUT2D eigenvalue weighted by molar-refractivity contribution is 6.20. The van der Waals surface area contributed by atoms with Crippen molar-refractivity contribution in [3.8, 4) is 0 Å². The van der Waals surface area contributed by atoms with Crippen LogP contribution in [0.1, 0.15) is 31.7 Å². The molecule has 12 heavy (non-hydrogen) atoms. The Kier molecular flexibility index (Phi) is 1.91. The lowest BCUT2D eigenvalue weighted by molar-refractivity contribution is 0.478. The van der Waals surface area contributed by atoms with E-state index < -0.39 is 0 Å². The minimum Gasteiger partial charge on any atom is -0.472 e. The van der Waals surface area contributed by atoms with Crippen LogP contribution >= 0.6 is 11.6 Å². The van der Waals surface area contributed by atoms with Gasteiger partial charge in [-0.3, -0.25) is 0 Å². The second kappa shape index (κ2) is 2.81. The van der Waals surface area contributed by atoms with Gasteiger partial charge in [-0.05, 0) is 36.3 Å². The average molecular weight is 185 g/mol. The highest BCUT2D eigenvalue weighted by Crippen LogP contribution is 2.42. The molecule has 0 radical (unpaired) electrons. The van der Waals surface area contributed by atoms with E-state index in [0.717, 1.165) is 12.8 Å². The van der Waals surface area contributed by atoms with Crippen LogP contribution in [0.4, 0.5) is 0 Å². The van der Waals surface area contributed by atoms with E-state index in [9.17, 15) is 0 Å². The highest BCUT2D eigenvalue weighted by Gasteiger charge is 2.36. The fourth-order valence-electron chi connectivity index (χ4n) is 2.04. The summed E-state index contributed by atoms with van der Waals surface area (Å²) in [4.78, 5) is 0. The van der Waals surface area contributed by atoms with Gasteiger partial charge in [-0.2, -0.15) is 0 Å². The lowest BCUT2D eigenvalue weighted by atomic mass is 9.83. The molecule has 1 heterocycles. The molecule has 0 aromatic carbocycles. The molecule has 0 saturated heterocycles. The van der Waals surface area contributed by atoms with Crippen LogP contribution in [-0.2, 0) is 5.41 Å². The Hall–Kier alpha value is -0.430. The maximum atomic E-state index is 6.08. The summed E-state index contributed by atoms with van der Waals surface area (Å²) in [7, 11) is 0. The van der Waals surface area contributed by atoms with Crippen LogP contribution in [0.15, 0.2) is 23.0 Å². The largest absolute Gasteiger partial charge is 0.472 e. The Morgan fingerprint density at radius 1 is 1.67 bits per heavy atom. The quantitative estimate of drug-likeness (QED) is 0.611. The van der Waals surface area contributed by atoms with E-state index in [1.165, 1.54) is 12.0 Å². The summed E-state index contributed by atoms with van der Waals surface area (Å²) in [5.41, 5.74) is 1.56. The smallest absolute Gasteiger partial charge is 0.0940 e. The molecule has 66 valence electrons. The lowest BCUT2D eigenvalue weighted by Gasteiger charge is -2.21. The molecule has 0 spiro atoms. The molecule has 0 bridgehead atoms. The Morgan fingerprint density at radius 2 is 2.50 bits per heavy atom. The summed E-state index contributed by atoms with van der Waals surface area (Å²) >= 11 is 6.08. The van der Waals surface area contributed by atoms with E-state index in [0.29, 0.717) is 5.38 Å². The van der Waals surface area contributed by atoms with Gasteiger partial charge in [-0.15, -0.1) is 11.6 Å². The monoisotopic (exact) mass is 184 g/mol. The summed E-state index contributed by atoms with van der Waals surface area (Å²) < 4.78 is 5.08. The Morgan fingerprint density at radius 3 is 3.00 bits per heavy atom. The molecule has 1 aromatic heterocycles. The molecule has 1 saturated carbocycles. The van der Waals surface area contributed by atoms with Crippen molar-refractivity contribution in [3.63, 3.8) is 0 Å². The van der Waals surface area contributed by atoms with Crippen molar-refractivity contribution in [3.05, 3.63) is 24.2 Å². The lowest BCUT2D eigenvalue weighted by Crippen LogP contribution is -2.16. The molecular formula is C10H13ClO. The van der Waals surface area contributed by atoms with Gasteiger partial charge in [0.1, 0.15) is 0 Å². The van der Waals surface area contributed by atoms with Gasteiger partial charge in [-0.1, -0.05) is 6.92 Å². The second-order valence-corrected chi connectivity index (χ2v) is 4.53. The van der Waals surface area contributed by atoms with Crippen LogP contribution in [0.25, 0.3) is 0 Å². The topological polar surface area (TPSA) is 13.1 Å². The highest BCUT2D eigenvalue weighted by atomic mass is 35.5. The van der Waals surface area contributed by atoms with Gasteiger partial charge in [0.2, 0.25) is 0 Å². The molecule has 0 aliphatic heterocycles. The van der Waals surface area contributed by atoms with Crippen molar-refractivity contribution in [1.29, 1.82) is 0 Å². The third kappa shape index (κ3) is 1.27. The molecule has 1 aromatic rings. The van der Waals surface area contributed by atoms with Crippen molar-refractivity contribution < 1.29 is 4.42 Å². The van der Waals surface area contributed by atoms with Crippen molar-refractivity contribution in [2.75, 3.05) is 0 Å². The van der Waals surface area contributed by atoms with E-state index in [1.807, 2.05) is 6.26 Å². The van der Waals surface area contributed by atoms with Gasteiger partial charge in [-0.25, -0.2) is 0 Å². The molecule has 2 heteroatoms. The second-order valence-electron chi connectivity index (χ2n) is 3.91. The number of rotatable bonds is 1. The minimum absolute atomic E-state index is 0.263. The molecular weight excluding hydrogens is 172 g/mol. The number of hydrogen-bond donors (Lipinski definition) is 0. The van der Waals surface area contributed by atoms with Gasteiger partial charge in [0.25, 0.3) is 0 Å².